The van der Waals surface area contributed by atoms with Crippen molar-refractivity contribution in [2.24, 2.45) is 0 Å². The van der Waals surface area contributed by atoms with Gasteiger partial charge in [0.15, 0.2) is 0 Å². The zero-order chi connectivity index (χ0) is 25.5. The largest absolute Gasteiger partial charge is 0.496 e. The van der Waals surface area contributed by atoms with Crippen molar-refractivity contribution in [2.45, 2.75) is 44.1 Å². The number of fused-ring (bicyclic) bond motifs is 1. The van der Waals surface area contributed by atoms with Crippen LogP contribution in [0.25, 0.3) is 10.9 Å². The van der Waals surface area contributed by atoms with Crippen LogP contribution in [0.1, 0.15) is 44.1 Å². The number of H-pyrrole nitrogens is 1. The monoisotopic (exact) mass is 677 g/mol. The predicted octanol–water partition coefficient (Wildman–Crippen LogP) is 4.16. The fourth-order valence-electron chi connectivity index (χ4n) is 3.98. The number of ether oxygens (including phenoxy) is 2. The van der Waals surface area contributed by atoms with Gasteiger partial charge in [-0.15, -0.1) is 35.7 Å². The maximum Gasteiger partial charge on any atom is 0.149 e. The first-order valence-electron chi connectivity index (χ1n) is 11.8. The third-order valence-electron chi connectivity index (χ3n) is 6.06. The number of aliphatic hydroxyl groups is 1. The summed E-state index contributed by atoms with van der Waals surface area (Å²) < 4.78 is 10.4. The van der Waals surface area contributed by atoms with Gasteiger partial charge in [0.2, 0.25) is 0 Å². The molecule has 0 unspecified atom stereocenters. The number of para-hydroxylation sites is 1. The Balaban J connectivity index is 0.000000318. The molecule has 5 rings (SSSR count). The Bertz CT molecular complexity index is 1260. The molecule has 37 heavy (non-hydrogen) atoms. The molecule has 8 heteroatoms. The van der Waals surface area contributed by atoms with E-state index in [1.165, 1.54) is 0 Å². The van der Waals surface area contributed by atoms with Gasteiger partial charge in [0.1, 0.15) is 18.3 Å². The Kier molecular flexibility index (Phi) is 9.85. The van der Waals surface area contributed by atoms with Crippen LogP contribution in [0.5, 0.6) is 5.75 Å². The topological polar surface area (TPSA) is 101 Å². The van der Waals surface area contributed by atoms with Crippen molar-refractivity contribution in [2.75, 3.05) is 13.7 Å². The fourth-order valence-corrected chi connectivity index (χ4v) is 3.98. The maximum absolute atomic E-state index is 12.1. The molecule has 1 saturated carbocycles. The van der Waals surface area contributed by atoms with E-state index in [1.807, 2.05) is 54.7 Å². The van der Waals surface area contributed by atoms with E-state index in [0.717, 1.165) is 22.2 Å². The van der Waals surface area contributed by atoms with Crippen LogP contribution in [-0.4, -0.2) is 41.2 Å². The third-order valence-corrected chi connectivity index (χ3v) is 6.06. The normalized spacial score (nSPS) is 18.0. The molecule has 1 aromatic heterocycles. The number of carbonyl (C=O) groups is 2. The second-order valence-corrected chi connectivity index (χ2v) is 9.02. The van der Waals surface area contributed by atoms with Crippen LogP contribution in [-0.2, 0) is 34.1 Å². The molecule has 1 heterocycles. The number of hydrogen-bond acceptors (Lipinski definition) is 6. The Hall–Kier alpha value is -3.20. The zero-order valence-corrected chi connectivity index (χ0v) is 23.3. The summed E-state index contributed by atoms with van der Waals surface area (Å²) in [5.74, 6) is -0.0337. The third kappa shape index (κ3) is 8.15. The summed E-state index contributed by atoms with van der Waals surface area (Å²) in [7, 11) is 1.61. The minimum atomic E-state index is -0.854. The Morgan fingerprint density at radius 2 is 2.00 bits per heavy atom. The van der Waals surface area contributed by atoms with Gasteiger partial charge in [-0.3, -0.25) is 4.79 Å². The second-order valence-electron chi connectivity index (χ2n) is 9.02. The van der Waals surface area contributed by atoms with Crippen LogP contribution in [0, 0.1) is 18.2 Å². The predicted molar refractivity (Wildman–Crippen MR) is 135 cm³/mol. The van der Waals surface area contributed by atoms with Gasteiger partial charge in [0.05, 0.1) is 12.7 Å². The molecule has 0 saturated heterocycles. The SMILES string of the molecule is COc1ccccc1[C@H]1CC(=O)[C-]=C(NC(C)=[C-]C(=O)OCC2(O)CC2)C1.[Os].[c-]1cccc2[nH]ccc12. The van der Waals surface area contributed by atoms with Crippen molar-refractivity contribution in [3.05, 3.63) is 89.9 Å². The van der Waals surface area contributed by atoms with Crippen LogP contribution in [0.4, 0.5) is 0 Å². The molecule has 196 valence electrons. The van der Waals surface area contributed by atoms with Crippen molar-refractivity contribution >= 4 is 22.7 Å². The van der Waals surface area contributed by atoms with E-state index in [4.69, 9.17) is 9.47 Å². The number of methoxy groups -OCH3 is 1. The minimum Gasteiger partial charge on any atom is -0.496 e. The van der Waals surface area contributed by atoms with Gasteiger partial charge in [-0.1, -0.05) is 25.1 Å². The molecule has 2 aliphatic rings. The van der Waals surface area contributed by atoms with E-state index in [-0.39, 0.29) is 38.1 Å². The number of esters is 1. The number of aromatic amines is 1. The quantitative estimate of drug-likeness (QED) is 0.198. The van der Waals surface area contributed by atoms with Gasteiger partial charge >= 0.3 is 0 Å². The zero-order valence-electron chi connectivity index (χ0n) is 20.7. The van der Waals surface area contributed by atoms with Gasteiger partial charge < -0.3 is 41.8 Å². The number of aromatic nitrogens is 1. The first-order valence-corrected chi connectivity index (χ1v) is 11.8. The van der Waals surface area contributed by atoms with Crippen molar-refractivity contribution in [1.82, 2.24) is 10.3 Å². The molecular formula is C29H29N2O5Os-3. The maximum atomic E-state index is 12.1. The van der Waals surface area contributed by atoms with Crippen molar-refractivity contribution in [3.63, 3.8) is 0 Å². The summed E-state index contributed by atoms with van der Waals surface area (Å²) in [6.45, 7) is 1.65. The second kappa shape index (κ2) is 12.9. The number of Topliss-reactive ketones (excluding diaryl/α,β-unsaturated/α-hetero) is 1. The number of ketones is 1. The minimum absolute atomic E-state index is 0. The summed E-state index contributed by atoms with van der Waals surface area (Å²) in [5.41, 5.74) is 2.29. The molecule has 1 fully saturated rings. The van der Waals surface area contributed by atoms with Gasteiger partial charge in [0, 0.05) is 19.8 Å². The van der Waals surface area contributed by atoms with Gasteiger partial charge in [-0.2, -0.15) is 11.4 Å². The smallest absolute Gasteiger partial charge is 0.149 e. The van der Waals surface area contributed by atoms with E-state index in [1.54, 1.807) is 14.0 Å². The molecule has 3 aromatic rings. The van der Waals surface area contributed by atoms with Crippen LogP contribution in [0.15, 0.2) is 66.1 Å². The van der Waals surface area contributed by atoms with Crippen molar-refractivity contribution < 1.29 is 44.0 Å². The summed E-state index contributed by atoms with van der Waals surface area (Å²) in [4.78, 5) is 27.0. The molecule has 1 atom stereocenters. The number of allylic oxidation sites excluding steroid dienone is 3. The standard InChI is InChI=1S/C21H23NO5.C8H6N.Os/c1-14(9-20(24)27-13-21(25)7-8-21)22-16-10-15(11-17(23)12-16)18-5-3-4-6-19(18)26-2;1-2-4-8-7(3-1)5-6-9-8;/h3-6,15,22,25H,7-8,10-11,13H2,1-2H3;1-2,4-6,9H;/q-2;-1;/t15-;;/m1../s1. The first kappa shape index (κ1) is 28.4. The van der Waals surface area contributed by atoms with Gasteiger partial charge in [0.25, 0.3) is 0 Å². The van der Waals surface area contributed by atoms with Gasteiger partial charge in [-0.05, 0) is 60.7 Å². The molecule has 0 radical (unpaired) electrons. The van der Waals surface area contributed by atoms with Crippen LogP contribution >= 0.6 is 0 Å². The average molecular weight is 676 g/mol. The molecule has 0 bridgehead atoms. The Morgan fingerprint density at radius 3 is 2.73 bits per heavy atom. The number of rotatable bonds is 7. The summed E-state index contributed by atoms with van der Waals surface area (Å²) in [5, 5.41) is 13.9. The summed E-state index contributed by atoms with van der Waals surface area (Å²) in [6.07, 6.45) is 9.50. The Morgan fingerprint density at radius 1 is 1.22 bits per heavy atom. The number of hydrogen-bond donors (Lipinski definition) is 3. The van der Waals surface area contributed by atoms with Crippen molar-refractivity contribution in [1.29, 1.82) is 0 Å². The van der Waals surface area contributed by atoms with E-state index >= 15 is 0 Å². The molecule has 0 aliphatic heterocycles. The average Bonchev–Trinajstić information content (AvgIpc) is 3.41. The molecular weight excluding hydrogens is 647 g/mol. The van der Waals surface area contributed by atoms with E-state index in [2.05, 4.69) is 28.5 Å². The molecule has 3 N–H and O–H groups in total. The van der Waals surface area contributed by atoms with Gasteiger partial charge in [-0.25, -0.2) is 0 Å². The molecule has 2 aliphatic carbocycles. The number of benzene rings is 2. The Labute approximate surface area is 230 Å². The number of nitrogens with one attached hydrogen (secondary N) is 2. The van der Waals surface area contributed by atoms with E-state index in [0.29, 0.717) is 37.1 Å². The number of carbonyl (C=O) groups excluding carboxylic acids is 2. The van der Waals surface area contributed by atoms with Crippen LogP contribution in [0.2, 0.25) is 0 Å². The summed E-state index contributed by atoms with van der Waals surface area (Å²) in [6, 6.07) is 18.7. The van der Waals surface area contributed by atoms with Crippen LogP contribution < -0.4 is 10.1 Å². The molecule has 7 nitrogen and oxygen atoms in total. The first-order chi connectivity index (χ1) is 17.3. The molecule has 0 amide bonds. The van der Waals surface area contributed by atoms with Crippen LogP contribution in [0.3, 0.4) is 0 Å². The summed E-state index contributed by atoms with van der Waals surface area (Å²) >= 11 is 0. The van der Waals surface area contributed by atoms with Crippen molar-refractivity contribution in [3.8, 4) is 5.75 Å². The fraction of sp³-hybridized carbons (Fsp3) is 0.310. The van der Waals surface area contributed by atoms with E-state index < -0.39 is 11.6 Å². The van der Waals surface area contributed by atoms with E-state index in [9.17, 15) is 14.7 Å². The molecule has 0 spiro atoms. The molecule has 2 aromatic carbocycles.